The van der Waals surface area contributed by atoms with Gasteiger partial charge in [0.05, 0.1) is 0 Å². The molecule has 114 valence electrons. The number of amides is 1. The maximum atomic E-state index is 14.0. The minimum atomic E-state index is -3.08. The molecule has 0 saturated carbocycles. The number of carbonyl (C=O) groups excluding carboxylic acids is 1. The van der Waals surface area contributed by atoms with E-state index in [0.717, 1.165) is 0 Å². The third-order valence-electron chi connectivity index (χ3n) is 2.43. The first-order valence-corrected chi connectivity index (χ1v) is 6.37. The Bertz CT molecular complexity index is 307. The van der Waals surface area contributed by atoms with Gasteiger partial charge in [0, 0.05) is 6.42 Å². The molecule has 19 heavy (non-hydrogen) atoms. The number of rotatable bonds is 4. The summed E-state index contributed by atoms with van der Waals surface area (Å²) in [5.74, 6) is -3.08. The van der Waals surface area contributed by atoms with E-state index < -0.39 is 35.5 Å². The van der Waals surface area contributed by atoms with Crippen molar-refractivity contribution in [3.05, 3.63) is 0 Å². The number of ether oxygens (including phenoxy) is 1. The van der Waals surface area contributed by atoms with Gasteiger partial charge < -0.3 is 15.8 Å². The van der Waals surface area contributed by atoms with Gasteiger partial charge in [-0.1, -0.05) is 20.8 Å². The van der Waals surface area contributed by atoms with Crippen LogP contribution >= 0.6 is 0 Å². The molecular formula is C13H26F2N2O2. The molecular weight excluding hydrogens is 254 g/mol. The monoisotopic (exact) mass is 280 g/mol. The Kier molecular flexibility index (Phi) is 5.74. The molecule has 0 saturated heterocycles. The second kappa shape index (κ2) is 6.03. The van der Waals surface area contributed by atoms with E-state index in [-0.39, 0.29) is 6.54 Å². The quantitative estimate of drug-likeness (QED) is 0.832. The van der Waals surface area contributed by atoms with Gasteiger partial charge in [0.1, 0.15) is 11.6 Å². The molecule has 0 aromatic rings. The van der Waals surface area contributed by atoms with Crippen molar-refractivity contribution < 1.29 is 18.3 Å². The highest BCUT2D eigenvalue weighted by Crippen LogP contribution is 2.34. The molecule has 1 amide bonds. The van der Waals surface area contributed by atoms with E-state index in [1.165, 1.54) is 0 Å². The summed E-state index contributed by atoms with van der Waals surface area (Å²) >= 11 is 0. The van der Waals surface area contributed by atoms with Crippen LogP contribution in [-0.4, -0.2) is 30.2 Å². The molecule has 4 nitrogen and oxygen atoms in total. The average molecular weight is 280 g/mol. The smallest absolute Gasteiger partial charge is 0.408 e. The molecule has 1 atom stereocenters. The Labute approximate surface area is 114 Å². The standard InChI is InChI=1S/C13H26F2N2O2/c1-11(2,3)9(13(14,15)7-8-16)17-10(18)19-12(4,5)6/h9H,7-8,16H2,1-6H3,(H,17,18). The summed E-state index contributed by atoms with van der Waals surface area (Å²) in [6, 6.07) is -1.33. The Morgan fingerprint density at radius 2 is 1.68 bits per heavy atom. The van der Waals surface area contributed by atoms with Crippen molar-refractivity contribution in [2.45, 2.75) is 65.5 Å². The van der Waals surface area contributed by atoms with Crippen LogP contribution in [0.2, 0.25) is 0 Å². The number of carbonyl (C=O) groups is 1. The zero-order chi connectivity index (χ0) is 15.5. The molecule has 0 aliphatic carbocycles. The lowest BCUT2D eigenvalue weighted by Crippen LogP contribution is -2.56. The summed E-state index contributed by atoms with van der Waals surface area (Å²) in [6.07, 6.45) is -1.32. The Hall–Kier alpha value is -0.910. The van der Waals surface area contributed by atoms with Crippen LogP contribution < -0.4 is 11.1 Å². The van der Waals surface area contributed by atoms with Crippen molar-refractivity contribution >= 4 is 6.09 Å². The van der Waals surface area contributed by atoms with Crippen LogP contribution in [0.1, 0.15) is 48.0 Å². The highest BCUT2D eigenvalue weighted by Gasteiger charge is 2.47. The Morgan fingerprint density at radius 3 is 2.00 bits per heavy atom. The Balaban J connectivity index is 4.96. The highest BCUT2D eigenvalue weighted by molar-refractivity contribution is 5.68. The molecule has 0 spiro atoms. The van der Waals surface area contributed by atoms with Gasteiger partial charge in [0.15, 0.2) is 0 Å². The molecule has 0 heterocycles. The summed E-state index contributed by atoms with van der Waals surface area (Å²) in [7, 11) is 0. The van der Waals surface area contributed by atoms with Gasteiger partial charge in [-0.3, -0.25) is 0 Å². The number of alkyl halides is 2. The highest BCUT2D eigenvalue weighted by atomic mass is 19.3. The normalized spacial score (nSPS) is 15.0. The fourth-order valence-electron chi connectivity index (χ4n) is 1.72. The van der Waals surface area contributed by atoms with Gasteiger partial charge in [-0.05, 0) is 32.7 Å². The second-order valence-electron chi connectivity index (χ2n) is 6.74. The lowest BCUT2D eigenvalue weighted by Gasteiger charge is -2.37. The summed E-state index contributed by atoms with van der Waals surface area (Å²) in [5, 5.41) is 2.27. The lowest BCUT2D eigenvalue weighted by atomic mass is 9.82. The predicted molar refractivity (Wildman–Crippen MR) is 71.2 cm³/mol. The van der Waals surface area contributed by atoms with Crippen LogP contribution in [0, 0.1) is 5.41 Å². The first-order chi connectivity index (χ1) is 8.29. The van der Waals surface area contributed by atoms with Crippen molar-refractivity contribution in [1.29, 1.82) is 0 Å². The van der Waals surface area contributed by atoms with Crippen LogP contribution in [0.3, 0.4) is 0 Å². The molecule has 0 rings (SSSR count). The zero-order valence-corrected chi connectivity index (χ0v) is 12.6. The third-order valence-corrected chi connectivity index (χ3v) is 2.43. The molecule has 0 radical (unpaired) electrons. The van der Waals surface area contributed by atoms with Crippen LogP contribution in [0.4, 0.5) is 13.6 Å². The van der Waals surface area contributed by atoms with Crippen LogP contribution in [0.5, 0.6) is 0 Å². The van der Waals surface area contributed by atoms with E-state index in [9.17, 15) is 13.6 Å². The largest absolute Gasteiger partial charge is 0.444 e. The number of nitrogens with one attached hydrogen (secondary N) is 1. The third kappa shape index (κ3) is 6.71. The van der Waals surface area contributed by atoms with Gasteiger partial charge in [0.2, 0.25) is 0 Å². The van der Waals surface area contributed by atoms with E-state index in [1.807, 2.05) is 0 Å². The molecule has 0 aliphatic rings. The number of nitrogens with two attached hydrogens (primary N) is 1. The molecule has 0 bridgehead atoms. The molecule has 0 aliphatic heterocycles. The van der Waals surface area contributed by atoms with Crippen molar-refractivity contribution in [2.75, 3.05) is 6.54 Å². The van der Waals surface area contributed by atoms with Crippen LogP contribution in [0.25, 0.3) is 0 Å². The number of hydrogen-bond donors (Lipinski definition) is 2. The first-order valence-electron chi connectivity index (χ1n) is 6.37. The minimum Gasteiger partial charge on any atom is -0.444 e. The van der Waals surface area contributed by atoms with E-state index in [4.69, 9.17) is 10.5 Å². The molecule has 1 unspecified atom stereocenters. The molecule has 0 fully saturated rings. The molecule has 6 heteroatoms. The van der Waals surface area contributed by atoms with Crippen molar-refractivity contribution in [1.82, 2.24) is 5.32 Å². The summed E-state index contributed by atoms with van der Waals surface area (Å²) < 4.78 is 33.1. The maximum Gasteiger partial charge on any atom is 0.408 e. The minimum absolute atomic E-state index is 0.143. The first kappa shape index (κ1) is 18.1. The average Bonchev–Trinajstić information content (AvgIpc) is 2.09. The van der Waals surface area contributed by atoms with Crippen LogP contribution in [-0.2, 0) is 4.74 Å². The van der Waals surface area contributed by atoms with E-state index in [0.29, 0.717) is 0 Å². The van der Waals surface area contributed by atoms with Crippen molar-refractivity contribution in [3.8, 4) is 0 Å². The predicted octanol–water partition coefficient (Wildman–Crippen LogP) is 2.91. The van der Waals surface area contributed by atoms with Gasteiger partial charge in [-0.2, -0.15) is 0 Å². The summed E-state index contributed by atoms with van der Waals surface area (Å²) in [5.41, 5.74) is 3.67. The summed E-state index contributed by atoms with van der Waals surface area (Å²) in [6.45, 7) is 9.80. The number of alkyl carbamates (subject to hydrolysis) is 1. The Morgan fingerprint density at radius 1 is 1.21 bits per heavy atom. The number of hydrogen-bond acceptors (Lipinski definition) is 3. The maximum absolute atomic E-state index is 14.0. The fraction of sp³-hybridized carbons (Fsp3) is 0.923. The fourth-order valence-corrected chi connectivity index (χ4v) is 1.72. The molecule has 0 aromatic heterocycles. The zero-order valence-electron chi connectivity index (χ0n) is 12.6. The van der Waals surface area contributed by atoms with Crippen molar-refractivity contribution in [2.24, 2.45) is 11.1 Å². The summed E-state index contributed by atoms with van der Waals surface area (Å²) in [4.78, 5) is 11.7. The second-order valence-corrected chi connectivity index (χ2v) is 6.74. The van der Waals surface area contributed by atoms with E-state index in [1.54, 1.807) is 41.5 Å². The van der Waals surface area contributed by atoms with Gasteiger partial charge in [0.25, 0.3) is 5.92 Å². The SMILES string of the molecule is CC(C)(C)OC(=O)NC(C(C)(C)C)C(F)(F)CCN. The molecule has 0 aromatic carbocycles. The van der Waals surface area contributed by atoms with E-state index in [2.05, 4.69) is 5.32 Å². The van der Waals surface area contributed by atoms with Gasteiger partial charge >= 0.3 is 6.09 Å². The van der Waals surface area contributed by atoms with Crippen molar-refractivity contribution in [3.63, 3.8) is 0 Å². The number of halogens is 2. The topological polar surface area (TPSA) is 64.3 Å². The van der Waals surface area contributed by atoms with Crippen LogP contribution in [0.15, 0.2) is 0 Å². The van der Waals surface area contributed by atoms with Gasteiger partial charge in [-0.25, -0.2) is 13.6 Å². The van der Waals surface area contributed by atoms with Gasteiger partial charge in [-0.15, -0.1) is 0 Å². The lowest BCUT2D eigenvalue weighted by molar-refractivity contribution is -0.0768. The van der Waals surface area contributed by atoms with E-state index >= 15 is 0 Å². The molecule has 3 N–H and O–H groups in total.